The van der Waals surface area contributed by atoms with Crippen LogP contribution < -0.4 is 10.6 Å². The second-order valence-corrected chi connectivity index (χ2v) is 11.9. The summed E-state index contributed by atoms with van der Waals surface area (Å²) in [5.41, 5.74) is 2.92. The van der Waals surface area contributed by atoms with Gasteiger partial charge in [0.2, 0.25) is 0 Å². The summed E-state index contributed by atoms with van der Waals surface area (Å²) >= 11 is 0. The molecule has 3 N–H and O–H groups in total. The Morgan fingerprint density at radius 2 is 1.60 bits per heavy atom. The summed E-state index contributed by atoms with van der Waals surface area (Å²) in [6, 6.07) is 22.4. The first-order valence-corrected chi connectivity index (χ1v) is 14.2. The topological polar surface area (TPSA) is 92.6 Å². The molecular weight excluding hydrogens is 502 g/mol. The highest BCUT2D eigenvalue weighted by Crippen LogP contribution is 2.28. The van der Waals surface area contributed by atoms with Gasteiger partial charge < -0.3 is 25.0 Å². The maximum Gasteiger partial charge on any atom is 0.407 e. The fourth-order valence-corrected chi connectivity index (χ4v) is 5.61. The molecule has 1 aromatic heterocycles. The Labute approximate surface area is 235 Å². The molecule has 2 amide bonds. The number of aliphatic hydroxyl groups is 1. The SMILES string of the molecule is C[C@@H](O)c1ccc2cc(C(=O)NC3CCC(NC(=O)OC(C)(C)C)CC3)n(Cc3cccc4ccccc34)c2c1. The number of carbonyl (C=O) groups excluding carboxylic acids is 2. The van der Waals surface area contributed by atoms with Gasteiger partial charge in [-0.25, -0.2) is 4.79 Å². The van der Waals surface area contributed by atoms with E-state index in [-0.39, 0.29) is 18.0 Å². The van der Waals surface area contributed by atoms with Gasteiger partial charge in [-0.1, -0.05) is 54.6 Å². The van der Waals surface area contributed by atoms with Crippen LogP contribution in [0.5, 0.6) is 0 Å². The van der Waals surface area contributed by atoms with E-state index in [0.29, 0.717) is 12.2 Å². The van der Waals surface area contributed by atoms with Crippen molar-refractivity contribution in [2.75, 3.05) is 0 Å². The predicted molar refractivity (Wildman–Crippen MR) is 159 cm³/mol. The highest BCUT2D eigenvalue weighted by atomic mass is 16.6. The molecule has 1 fully saturated rings. The summed E-state index contributed by atoms with van der Waals surface area (Å²) in [4.78, 5) is 25.9. The van der Waals surface area contributed by atoms with Crippen LogP contribution in [0.1, 0.15) is 81.1 Å². The fraction of sp³-hybridized carbons (Fsp3) is 0.394. The number of benzene rings is 3. The summed E-state index contributed by atoms with van der Waals surface area (Å²) in [5.74, 6) is -0.112. The van der Waals surface area contributed by atoms with E-state index in [9.17, 15) is 14.7 Å². The van der Waals surface area contributed by atoms with Crippen molar-refractivity contribution in [1.29, 1.82) is 0 Å². The van der Waals surface area contributed by atoms with E-state index < -0.39 is 17.8 Å². The standard InChI is InChI=1S/C33H39N3O4/c1-21(37)23-12-13-24-19-30(31(38)34-26-14-16-27(17-15-26)35-32(39)40-33(2,3)4)36(29(24)18-23)20-25-10-7-9-22-8-5-6-11-28(22)25/h5-13,18-19,21,26-27,37H,14-17,20H2,1-4H3,(H,34,38)(H,35,39)/t21-,26?,27?/m1/s1. The van der Waals surface area contributed by atoms with E-state index in [1.54, 1.807) is 6.92 Å². The van der Waals surface area contributed by atoms with Crippen molar-refractivity contribution in [3.8, 4) is 0 Å². The molecule has 0 radical (unpaired) electrons. The Morgan fingerprint density at radius 3 is 2.30 bits per heavy atom. The number of nitrogens with one attached hydrogen (secondary N) is 2. The zero-order valence-corrected chi connectivity index (χ0v) is 23.7. The fourth-order valence-electron chi connectivity index (χ4n) is 5.61. The molecule has 3 aromatic carbocycles. The van der Waals surface area contributed by atoms with E-state index in [1.165, 1.54) is 0 Å². The van der Waals surface area contributed by atoms with Gasteiger partial charge in [-0.05, 0) is 87.4 Å². The Hall–Kier alpha value is -3.84. The van der Waals surface area contributed by atoms with E-state index in [2.05, 4.69) is 39.5 Å². The molecule has 0 saturated heterocycles. The van der Waals surface area contributed by atoms with Crippen molar-refractivity contribution >= 4 is 33.7 Å². The van der Waals surface area contributed by atoms with Crippen LogP contribution in [0.4, 0.5) is 4.79 Å². The first kappa shape index (κ1) is 27.7. The third-order valence-corrected chi connectivity index (χ3v) is 7.64. The molecule has 0 bridgehead atoms. The summed E-state index contributed by atoms with van der Waals surface area (Å²) in [6.45, 7) is 7.83. The molecule has 40 heavy (non-hydrogen) atoms. The molecule has 1 aliphatic rings. The quantitative estimate of drug-likeness (QED) is 0.261. The Bertz CT molecular complexity index is 1520. The maximum absolute atomic E-state index is 13.7. The number of hydrogen-bond acceptors (Lipinski definition) is 4. The van der Waals surface area contributed by atoms with Crippen molar-refractivity contribution in [2.45, 2.75) is 83.7 Å². The van der Waals surface area contributed by atoms with Gasteiger partial charge in [0, 0.05) is 29.5 Å². The molecule has 1 aliphatic carbocycles. The lowest BCUT2D eigenvalue weighted by atomic mass is 9.91. The van der Waals surface area contributed by atoms with E-state index in [1.807, 2.05) is 63.2 Å². The summed E-state index contributed by atoms with van der Waals surface area (Å²) in [7, 11) is 0. The molecule has 210 valence electrons. The van der Waals surface area contributed by atoms with Crippen LogP contribution in [0.15, 0.2) is 66.7 Å². The van der Waals surface area contributed by atoms with Crippen molar-refractivity contribution in [3.63, 3.8) is 0 Å². The molecule has 1 atom stereocenters. The molecule has 1 heterocycles. The first-order chi connectivity index (χ1) is 19.1. The minimum atomic E-state index is -0.605. The van der Waals surface area contributed by atoms with Crippen LogP contribution in [0.25, 0.3) is 21.7 Å². The number of hydrogen-bond donors (Lipinski definition) is 3. The van der Waals surface area contributed by atoms with Gasteiger partial charge in [0.25, 0.3) is 5.91 Å². The van der Waals surface area contributed by atoms with E-state index >= 15 is 0 Å². The number of rotatable bonds is 6. The first-order valence-electron chi connectivity index (χ1n) is 14.2. The molecule has 0 aliphatic heterocycles. The van der Waals surface area contributed by atoms with E-state index in [4.69, 9.17) is 4.74 Å². The number of alkyl carbamates (subject to hydrolysis) is 1. The lowest BCUT2D eigenvalue weighted by molar-refractivity contribution is 0.0487. The van der Waals surface area contributed by atoms with Gasteiger partial charge >= 0.3 is 6.09 Å². The average Bonchev–Trinajstić information content (AvgIpc) is 3.26. The predicted octanol–water partition coefficient (Wildman–Crippen LogP) is 6.46. The lowest BCUT2D eigenvalue weighted by Crippen LogP contribution is -2.45. The Kier molecular flexibility index (Phi) is 7.86. The number of fused-ring (bicyclic) bond motifs is 2. The van der Waals surface area contributed by atoms with Crippen LogP contribution in [-0.2, 0) is 11.3 Å². The number of carbonyl (C=O) groups is 2. The van der Waals surface area contributed by atoms with Crippen LogP contribution in [0, 0.1) is 0 Å². The summed E-state index contributed by atoms with van der Waals surface area (Å²) in [5, 5.41) is 19.7. The number of aliphatic hydroxyl groups excluding tert-OH is 1. The van der Waals surface area contributed by atoms with Crippen molar-refractivity contribution in [1.82, 2.24) is 15.2 Å². The molecule has 7 nitrogen and oxygen atoms in total. The van der Waals surface area contributed by atoms with Gasteiger partial charge in [-0.2, -0.15) is 0 Å². The van der Waals surface area contributed by atoms with Gasteiger partial charge in [0.05, 0.1) is 6.10 Å². The largest absolute Gasteiger partial charge is 0.444 e. The van der Waals surface area contributed by atoms with Crippen molar-refractivity contribution in [2.24, 2.45) is 0 Å². The van der Waals surface area contributed by atoms with Gasteiger partial charge in [0.1, 0.15) is 11.3 Å². The van der Waals surface area contributed by atoms with Crippen molar-refractivity contribution in [3.05, 3.63) is 83.6 Å². The maximum atomic E-state index is 13.7. The number of aromatic nitrogens is 1. The van der Waals surface area contributed by atoms with Gasteiger partial charge in [0.15, 0.2) is 0 Å². The number of nitrogens with zero attached hydrogens (tertiary/aromatic N) is 1. The Morgan fingerprint density at radius 1 is 0.925 bits per heavy atom. The zero-order chi connectivity index (χ0) is 28.4. The summed E-state index contributed by atoms with van der Waals surface area (Å²) < 4.78 is 7.46. The smallest absolute Gasteiger partial charge is 0.407 e. The minimum Gasteiger partial charge on any atom is -0.444 e. The third-order valence-electron chi connectivity index (χ3n) is 7.64. The van der Waals surface area contributed by atoms with Crippen LogP contribution in [0.3, 0.4) is 0 Å². The second kappa shape index (κ2) is 11.3. The average molecular weight is 542 g/mol. The molecule has 0 spiro atoms. The highest BCUT2D eigenvalue weighted by molar-refractivity contribution is 5.99. The molecule has 5 rings (SSSR count). The van der Waals surface area contributed by atoms with Crippen molar-refractivity contribution < 1.29 is 19.4 Å². The van der Waals surface area contributed by atoms with Crippen LogP contribution in [0.2, 0.25) is 0 Å². The van der Waals surface area contributed by atoms with Gasteiger partial charge in [-0.3, -0.25) is 4.79 Å². The minimum absolute atomic E-state index is 0.0289. The monoisotopic (exact) mass is 541 g/mol. The molecule has 0 unspecified atom stereocenters. The van der Waals surface area contributed by atoms with E-state index in [0.717, 1.165) is 58.5 Å². The lowest BCUT2D eigenvalue weighted by Gasteiger charge is -2.30. The molecule has 1 saturated carbocycles. The summed E-state index contributed by atoms with van der Waals surface area (Å²) in [6.07, 6.45) is 2.12. The molecule has 4 aromatic rings. The van der Waals surface area contributed by atoms with Crippen LogP contribution >= 0.6 is 0 Å². The molecular formula is C33H39N3O4. The third kappa shape index (κ3) is 6.31. The normalized spacial score (nSPS) is 18.4. The number of ether oxygens (including phenoxy) is 1. The zero-order valence-electron chi connectivity index (χ0n) is 23.7. The highest BCUT2D eigenvalue weighted by Gasteiger charge is 2.27. The van der Waals surface area contributed by atoms with Crippen LogP contribution in [-0.4, -0.2) is 39.4 Å². The second-order valence-electron chi connectivity index (χ2n) is 11.9. The number of amides is 2. The molecule has 7 heteroatoms. The Balaban J connectivity index is 1.36. The van der Waals surface area contributed by atoms with Gasteiger partial charge in [-0.15, -0.1) is 0 Å².